The number of nitrogens with one attached hydrogen (secondary N) is 1. The Kier molecular flexibility index (Phi) is 6.63. The average molecular weight is 426 g/mol. The van der Waals surface area contributed by atoms with Gasteiger partial charge in [0.25, 0.3) is 5.91 Å². The molecule has 3 rings (SSSR count). The Labute approximate surface area is 180 Å². The summed E-state index contributed by atoms with van der Waals surface area (Å²) in [5, 5.41) is 2.58. The Balaban J connectivity index is 1.87. The highest BCUT2D eigenvalue weighted by Crippen LogP contribution is 2.36. The quantitative estimate of drug-likeness (QED) is 0.485. The number of methoxy groups -OCH3 is 1. The number of carbonyl (C=O) groups excluding carboxylic acids is 3. The number of hydrogen-bond donors (Lipinski definition) is 1. The molecular weight excluding hydrogens is 402 g/mol. The Morgan fingerprint density at radius 3 is 2.81 bits per heavy atom. The summed E-state index contributed by atoms with van der Waals surface area (Å²) >= 11 is 0. The normalized spacial score (nSPS) is 14.5. The third-order valence-electron chi connectivity index (χ3n) is 5.62. The van der Waals surface area contributed by atoms with Crippen LogP contribution in [0, 0.1) is 5.82 Å². The van der Waals surface area contributed by atoms with Crippen LogP contribution in [-0.2, 0) is 22.7 Å². The summed E-state index contributed by atoms with van der Waals surface area (Å²) in [6.07, 6.45) is 1.07. The first kappa shape index (κ1) is 22.3. The van der Waals surface area contributed by atoms with Crippen LogP contribution in [-0.4, -0.2) is 50.4 Å². The van der Waals surface area contributed by atoms with Gasteiger partial charge in [-0.1, -0.05) is 6.07 Å². The molecular formula is C22H24BFN2O5. The first-order valence-electron chi connectivity index (χ1n) is 9.90. The van der Waals surface area contributed by atoms with Crippen molar-refractivity contribution >= 4 is 25.9 Å². The second-order valence-corrected chi connectivity index (χ2v) is 7.48. The van der Waals surface area contributed by atoms with E-state index in [-0.39, 0.29) is 37.8 Å². The number of halogens is 1. The van der Waals surface area contributed by atoms with Crippen LogP contribution in [0.4, 0.5) is 4.39 Å². The van der Waals surface area contributed by atoms with Crippen LogP contribution in [0.5, 0.6) is 11.5 Å². The zero-order valence-electron chi connectivity index (χ0n) is 17.7. The minimum Gasteiger partial charge on any atom is -0.497 e. The molecule has 0 radical (unpaired) electrons. The van der Waals surface area contributed by atoms with Gasteiger partial charge in [-0.3, -0.25) is 9.59 Å². The van der Waals surface area contributed by atoms with Crippen molar-refractivity contribution in [1.82, 2.24) is 10.2 Å². The predicted molar refractivity (Wildman–Crippen MR) is 114 cm³/mol. The van der Waals surface area contributed by atoms with E-state index in [0.29, 0.717) is 28.2 Å². The van der Waals surface area contributed by atoms with Crippen LogP contribution in [0.1, 0.15) is 34.3 Å². The molecule has 1 N–H and O–H groups in total. The maximum absolute atomic E-state index is 14.1. The van der Waals surface area contributed by atoms with Crippen molar-refractivity contribution in [2.24, 2.45) is 0 Å². The van der Waals surface area contributed by atoms with E-state index in [9.17, 15) is 18.8 Å². The largest absolute Gasteiger partial charge is 0.497 e. The molecule has 2 aromatic rings. The van der Waals surface area contributed by atoms with Crippen molar-refractivity contribution in [2.45, 2.75) is 31.4 Å². The van der Waals surface area contributed by atoms with Crippen molar-refractivity contribution < 1.29 is 28.2 Å². The Hall–Kier alpha value is -3.36. The minimum atomic E-state index is -1.19. The lowest BCUT2D eigenvalue weighted by atomic mass is 9.71. The van der Waals surface area contributed by atoms with Crippen molar-refractivity contribution in [3.05, 3.63) is 58.9 Å². The first-order chi connectivity index (χ1) is 14.8. The maximum Gasteiger partial charge on any atom is 0.254 e. The van der Waals surface area contributed by atoms with Crippen molar-refractivity contribution in [3.8, 4) is 11.5 Å². The molecule has 1 aliphatic heterocycles. The molecule has 0 bridgehead atoms. The average Bonchev–Trinajstić information content (AvgIpc) is 3.14. The van der Waals surface area contributed by atoms with E-state index in [1.54, 1.807) is 32.1 Å². The summed E-state index contributed by atoms with van der Waals surface area (Å²) < 4.78 is 25.1. The van der Waals surface area contributed by atoms with Gasteiger partial charge in [0.15, 0.2) is 0 Å². The van der Waals surface area contributed by atoms with Gasteiger partial charge in [0.05, 0.1) is 19.1 Å². The Morgan fingerprint density at radius 2 is 2.13 bits per heavy atom. The molecule has 7 nitrogen and oxygen atoms in total. The van der Waals surface area contributed by atoms with Crippen molar-refractivity contribution in [3.63, 3.8) is 0 Å². The highest BCUT2D eigenvalue weighted by Gasteiger charge is 2.45. The van der Waals surface area contributed by atoms with Crippen LogP contribution >= 0.6 is 0 Å². The summed E-state index contributed by atoms with van der Waals surface area (Å²) in [5.41, 5.74) is 0.170. The predicted octanol–water partition coefficient (Wildman–Crippen LogP) is 1.42. The molecule has 1 heterocycles. The van der Waals surface area contributed by atoms with Gasteiger partial charge in [-0.25, -0.2) is 4.39 Å². The van der Waals surface area contributed by atoms with Crippen LogP contribution in [0.15, 0.2) is 36.4 Å². The zero-order valence-corrected chi connectivity index (χ0v) is 17.7. The summed E-state index contributed by atoms with van der Waals surface area (Å²) in [6.45, 7) is 0.0965. The van der Waals surface area contributed by atoms with Crippen LogP contribution in [0.2, 0.25) is 0 Å². The van der Waals surface area contributed by atoms with E-state index in [0.717, 1.165) is 6.29 Å². The molecule has 2 aromatic carbocycles. The molecule has 0 spiro atoms. The van der Waals surface area contributed by atoms with Gasteiger partial charge < -0.3 is 24.5 Å². The SMILES string of the molecule is BC(CCC=O)(C(=O)NC)N1Cc2c(OCc3cc(OC)ccc3F)cccc2C1=O. The molecule has 0 saturated heterocycles. The van der Waals surface area contributed by atoms with E-state index < -0.39 is 11.3 Å². The second-order valence-electron chi connectivity index (χ2n) is 7.48. The lowest BCUT2D eigenvalue weighted by molar-refractivity contribution is -0.127. The van der Waals surface area contributed by atoms with E-state index >= 15 is 0 Å². The molecule has 1 aliphatic rings. The summed E-state index contributed by atoms with van der Waals surface area (Å²) in [5.74, 6) is -0.144. The lowest BCUT2D eigenvalue weighted by Crippen LogP contribution is -2.59. The lowest BCUT2D eigenvalue weighted by Gasteiger charge is -2.37. The molecule has 9 heteroatoms. The van der Waals surface area contributed by atoms with Crippen LogP contribution in [0.25, 0.3) is 0 Å². The van der Waals surface area contributed by atoms with Gasteiger partial charge in [-0.2, -0.15) is 0 Å². The number of likely N-dealkylation sites (N-methyl/N-ethyl adjacent to an activating group) is 1. The van der Waals surface area contributed by atoms with Crippen LogP contribution < -0.4 is 14.8 Å². The van der Waals surface area contributed by atoms with Crippen molar-refractivity contribution in [2.75, 3.05) is 14.2 Å². The number of nitrogens with zero attached hydrogens (tertiary/aromatic N) is 1. The molecule has 162 valence electrons. The zero-order chi connectivity index (χ0) is 22.6. The molecule has 1 atom stereocenters. The minimum absolute atomic E-state index is 0.0501. The second kappa shape index (κ2) is 9.20. The molecule has 0 aromatic heterocycles. The number of amides is 2. The van der Waals surface area contributed by atoms with Gasteiger partial charge in [-0.05, 0) is 36.8 Å². The van der Waals surface area contributed by atoms with Crippen LogP contribution in [0.3, 0.4) is 0 Å². The Bertz CT molecular complexity index is 1020. The highest BCUT2D eigenvalue weighted by atomic mass is 19.1. The van der Waals surface area contributed by atoms with E-state index in [4.69, 9.17) is 9.47 Å². The smallest absolute Gasteiger partial charge is 0.254 e. The standard InChI is InChI=1S/C22H24BFN2O5/c1-25-21(29)22(23,9-4-10-27)26-12-17-16(20(26)28)5-3-6-19(17)31-13-14-11-15(30-2)7-8-18(14)24/h3,5-8,10-11H,4,9,12-13,23H2,1-2H3,(H,25,29). The number of fused-ring (bicyclic) bond motifs is 1. The number of aldehydes is 1. The summed E-state index contributed by atoms with van der Waals surface area (Å²) in [6, 6.07) is 9.43. The fourth-order valence-corrected chi connectivity index (χ4v) is 3.76. The molecule has 0 fully saturated rings. The third kappa shape index (κ3) is 4.26. The molecule has 1 unspecified atom stereocenters. The number of rotatable bonds is 9. The van der Waals surface area contributed by atoms with Gasteiger partial charge in [0, 0.05) is 30.2 Å². The molecule has 0 aliphatic carbocycles. The summed E-state index contributed by atoms with van der Waals surface area (Å²) in [7, 11) is 4.63. The monoisotopic (exact) mass is 426 g/mol. The molecule has 31 heavy (non-hydrogen) atoms. The maximum atomic E-state index is 14.1. The highest BCUT2D eigenvalue weighted by molar-refractivity contribution is 6.30. The number of carbonyl (C=O) groups is 3. The molecule has 2 amide bonds. The van der Waals surface area contributed by atoms with E-state index in [1.165, 1.54) is 31.2 Å². The van der Waals surface area contributed by atoms with Gasteiger partial charge >= 0.3 is 0 Å². The van der Waals surface area contributed by atoms with E-state index in [1.807, 2.05) is 0 Å². The summed E-state index contributed by atoms with van der Waals surface area (Å²) in [4.78, 5) is 38.1. The van der Waals surface area contributed by atoms with Gasteiger partial charge in [0.1, 0.15) is 38.1 Å². The third-order valence-corrected chi connectivity index (χ3v) is 5.62. The molecule has 0 saturated carbocycles. The van der Waals surface area contributed by atoms with Crippen molar-refractivity contribution in [1.29, 1.82) is 0 Å². The van der Waals surface area contributed by atoms with Gasteiger partial charge in [0.2, 0.25) is 5.91 Å². The Morgan fingerprint density at radius 1 is 1.35 bits per heavy atom. The fourth-order valence-electron chi connectivity index (χ4n) is 3.76. The topological polar surface area (TPSA) is 84.9 Å². The number of ether oxygens (including phenoxy) is 2. The number of hydrogen-bond acceptors (Lipinski definition) is 5. The first-order valence-corrected chi connectivity index (χ1v) is 9.90. The fraction of sp³-hybridized carbons (Fsp3) is 0.318. The number of benzene rings is 2. The van der Waals surface area contributed by atoms with Gasteiger partial charge in [-0.15, -0.1) is 0 Å². The van der Waals surface area contributed by atoms with E-state index in [2.05, 4.69) is 5.32 Å².